The van der Waals surface area contributed by atoms with Gasteiger partial charge in [-0.3, -0.25) is 4.79 Å². The molecule has 1 aromatic heterocycles. The highest BCUT2D eigenvalue weighted by Gasteiger charge is 2.11. The van der Waals surface area contributed by atoms with Gasteiger partial charge in [-0.15, -0.1) is 0 Å². The van der Waals surface area contributed by atoms with Crippen LogP contribution in [-0.2, 0) is 6.42 Å². The lowest BCUT2D eigenvalue weighted by Crippen LogP contribution is -2.13. The summed E-state index contributed by atoms with van der Waals surface area (Å²) in [7, 11) is 0. The number of nitriles is 1. The summed E-state index contributed by atoms with van der Waals surface area (Å²) in [6, 6.07) is 12.0. The molecule has 2 aromatic rings. The fourth-order valence-electron chi connectivity index (χ4n) is 2.19. The lowest BCUT2D eigenvalue weighted by Gasteiger charge is -2.09. The van der Waals surface area contributed by atoms with E-state index in [-0.39, 0.29) is 11.1 Å². The molecule has 0 saturated carbocycles. The van der Waals surface area contributed by atoms with Gasteiger partial charge in [0.05, 0.1) is 0 Å². The molecule has 0 radical (unpaired) electrons. The Bertz CT molecular complexity index is 703. The fourth-order valence-corrected chi connectivity index (χ4v) is 2.19. The van der Waals surface area contributed by atoms with Gasteiger partial charge < -0.3 is 4.98 Å². The number of aromatic nitrogens is 1. The monoisotopic (exact) mass is 266 g/mol. The first-order chi connectivity index (χ1) is 9.56. The Morgan fingerprint density at radius 1 is 1.25 bits per heavy atom. The maximum Gasteiger partial charge on any atom is 0.266 e. The zero-order valence-corrected chi connectivity index (χ0v) is 12.0. The summed E-state index contributed by atoms with van der Waals surface area (Å²) >= 11 is 0. The van der Waals surface area contributed by atoms with Crippen molar-refractivity contribution < 1.29 is 0 Å². The van der Waals surface area contributed by atoms with E-state index in [1.165, 1.54) is 5.56 Å². The highest BCUT2D eigenvalue weighted by molar-refractivity contribution is 5.70. The zero-order chi connectivity index (χ0) is 14.7. The molecule has 0 spiro atoms. The van der Waals surface area contributed by atoms with Crippen LogP contribution in [0.1, 0.15) is 43.5 Å². The Morgan fingerprint density at radius 3 is 2.40 bits per heavy atom. The van der Waals surface area contributed by atoms with Gasteiger partial charge in [-0.25, -0.2) is 0 Å². The molecule has 0 fully saturated rings. The molecule has 0 aliphatic rings. The summed E-state index contributed by atoms with van der Waals surface area (Å²) in [5.74, 6) is 0.463. The molecule has 0 aliphatic carbocycles. The maximum atomic E-state index is 11.9. The lowest BCUT2D eigenvalue weighted by molar-refractivity contribution is 0.867. The number of aryl methyl sites for hydroxylation is 1. The van der Waals surface area contributed by atoms with Crippen molar-refractivity contribution in [1.82, 2.24) is 4.98 Å². The SMILES string of the molecule is CCc1cc(-c2ccc(C(C)C)cc2)c(C#N)c(=O)[nH]1. The van der Waals surface area contributed by atoms with E-state index in [1.807, 2.05) is 43.3 Å². The Balaban J connectivity index is 2.59. The highest BCUT2D eigenvalue weighted by atomic mass is 16.1. The number of hydrogen-bond donors (Lipinski definition) is 1. The van der Waals surface area contributed by atoms with Crippen molar-refractivity contribution in [2.75, 3.05) is 0 Å². The zero-order valence-electron chi connectivity index (χ0n) is 12.0. The van der Waals surface area contributed by atoms with Crippen LogP contribution in [0.3, 0.4) is 0 Å². The van der Waals surface area contributed by atoms with Gasteiger partial charge in [0, 0.05) is 11.3 Å². The van der Waals surface area contributed by atoms with Crippen molar-refractivity contribution in [3.8, 4) is 17.2 Å². The topological polar surface area (TPSA) is 56.6 Å². The Kier molecular flexibility index (Phi) is 4.05. The molecule has 1 N–H and O–H groups in total. The van der Waals surface area contributed by atoms with Crippen molar-refractivity contribution in [1.29, 1.82) is 5.26 Å². The average molecular weight is 266 g/mol. The minimum Gasteiger partial charge on any atom is -0.325 e. The Hall–Kier alpha value is -2.34. The molecule has 102 valence electrons. The molecule has 3 nitrogen and oxygen atoms in total. The molecule has 0 aliphatic heterocycles. The Morgan fingerprint density at radius 2 is 1.90 bits per heavy atom. The molecule has 20 heavy (non-hydrogen) atoms. The summed E-state index contributed by atoms with van der Waals surface area (Å²) in [5.41, 5.74) is 3.58. The van der Waals surface area contributed by atoms with Crippen LogP contribution in [0.2, 0.25) is 0 Å². The smallest absolute Gasteiger partial charge is 0.266 e. The van der Waals surface area contributed by atoms with Gasteiger partial charge in [0.15, 0.2) is 0 Å². The molecule has 3 heteroatoms. The standard InChI is InChI=1S/C17H18N2O/c1-4-14-9-15(16(10-18)17(20)19-14)13-7-5-12(6-8-13)11(2)3/h5-9,11H,4H2,1-3H3,(H,19,20). The minimum atomic E-state index is -0.310. The van der Waals surface area contributed by atoms with E-state index >= 15 is 0 Å². The van der Waals surface area contributed by atoms with E-state index in [4.69, 9.17) is 0 Å². The second-order valence-corrected chi connectivity index (χ2v) is 5.15. The number of aromatic amines is 1. The molecule has 0 atom stereocenters. The third kappa shape index (κ3) is 2.65. The van der Waals surface area contributed by atoms with Crippen LogP contribution in [0.5, 0.6) is 0 Å². The number of nitrogens with one attached hydrogen (secondary N) is 1. The van der Waals surface area contributed by atoms with Crippen LogP contribution in [0.15, 0.2) is 35.1 Å². The van der Waals surface area contributed by atoms with E-state index in [9.17, 15) is 10.1 Å². The minimum absolute atomic E-state index is 0.180. The molecule has 2 rings (SSSR count). The van der Waals surface area contributed by atoms with Gasteiger partial charge >= 0.3 is 0 Å². The second kappa shape index (κ2) is 5.75. The van der Waals surface area contributed by atoms with Gasteiger partial charge in [0.1, 0.15) is 11.6 Å². The van der Waals surface area contributed by atoms with Crippen LogP contribution >= 0.6 is 0 Å². The van der Waals surface area contributed by atoms with Gasteiger partial charge in [0.25, 0.3) is 5.56 Å². The Labute approximate surface area is 118 Å². The van der Waals surface area contributed by atoms with Crippen LogP contribution < -0.4 is 5.56 Å². The first-order valence-electron chi connectivity index (χ1n) is 6.83. The number of hydrogen-bond acceptors (Lipinski definition) is 2. The van der Waals surface area contributed by atoms with E-state index in [0.29, 0.717) is 11.5 Å². The molecule has 0 amide bonds. The van der Waals surface area contributed by atoms with Crippen molar-refractivity contribution in [3.05, 3.63) is 57.5 Å². The predicted octanol–water partition coefficient (Wildman–Crippen LogP) is 3.60. The van der Waals surface area contributed by atoms with Gasteiger partial charge in [-0.1, -0.05) is 45.0 Å². The van der Waals surface area contributed by atoms with Crippen molar-refractivity contribution in [3.63, 3.8) is 0 Å². The molecule has 1 heterocycles. The second-order valence-electron chi connectivity index (χ2n) is 5.15. The fraction of sp³-hybridized carbons (Fsp3) is 0.294. The summed E-state index contributed by atoms with van der Waals surface area (Å²) in [6.07, 6.45) is 0.734. The number of H-pyrrole nitrogens is 1. The van der Waals surface area contributed by atoms with Crippen LogP contribution in [0.4, 0.5) is 0 Å². The average Bonchev–Trinajstić information content (AvgIpc) is 2.46. The maximum absolute atomic E-state index is 11.9. The van der Waals surface area contributed by atoms with E-state index in [2.05, 4.69) is 18.8 Å². The molecule has 0 unspecified atom stereocenters. The van der Waals surface area contributed by atoms with E-state index in [1.54, 1.807) is 0 Å². The first-order valence-corrected chi connectivity index (χ1v) is 6.83. The lowest BCUT2D eigenvalue weighted by atomic mass is 9.96. The van der Waals surface area contributed by atoms with Crippen molar-refractivity contribution >= 4 is 0 Å². The van der Waals surface area contributed by atoms with Crippen LogP contribution in [0, 0.1) is 11.3 Å². The number of pyridine rings is 1. The summed E-state index contributed by atoms with van der Waals surface area (Å²) in [6.45, 7) is 6.25. The normalized spacial score (nSPS) is 10.6. The van der Waals surface area contributed by atoms with Gasteiger partial charge in [-0.2, -0.15) is 5.26 Å². The van der Waals surface area contributed by atoms with Crippen LogP contribution in [-0.4, -0.2) is 4.98 Å². The highest BCUT2D eigenvalue weighted by Crippen LogP contribution is 2.24. The molecule has 0 saturated heterocycles. The molecular formula is C17H18N2O. The van der Waals surface area contributed by atoms with Gasteiger partial charge in [0.2, 0.25) is 0 Å². The molecule has 0 bridgehead atoms. The van der Waals surface area contributed by atoms with E-state index < -0.39 is 0 Å². The van der Waals surface area contributed by atoms with E-state index in [0.717, 1.165) is 17.7 Å². The molecular weight excluding hydrogens is 248 g/mol. The predicted molar refractivity (Wildman–Crippen MR) is 80.7 cm³/mol. The van der Waals surface area contributed by atoms with Crippen LogP contribution in [0.25, 0.3) is 11.1 Å². The summed E-state index contributed by atoms with van der Waals surface area (Å²) in [5, 5.41) is 9.20. The third-order valence-corrected chi connectivity index (χ3v) is 3.47. The van der Waals surface area contributed by atoms with Crippen molar-refractivity contribution in [2.45, 2.75) is 33.1 Å². The number of nitrogens with zero attached hydrogens (tertiary/aromatic N) is 1. The summed E-state index contributed by atoms with van der Waals surface area (Å²) in [4.78, 5) is 14.7. The summed E-state index contributed by atoms with van der Waals surface area (Å²) < 4.78 is 0. The largest absolute Gasteiger partial charge is 0.325 e. The molecule has 1 aromatic carbocycles. The first kappa shape index (κ1) is 14.1. The quantitative estimate of drug-likeness (QED) is 0.922. The number of benzene rings is 1. The third-order valence-electron chi connectivity index (χ3n) is 3.47. The number of rotatable bonds is 3. The van der Waals surface area contributed by atoms with Crippen molar-refractivity contribution in [2.24, 2.45) is 0 Å². The van der Waals surface area contributed by atoms with Gasteiger partial charge in [-0.05, 0) is 29.5 Å².